The highest BCUT2D eigenvalue weighted by atomic mass is 35.5. The molecule has 1 heterocycles. The van der Waals surface area contributed by atoms with Crippen molar-refractivity contribution in [3.63, 3.8) is 0 Å². The molecule has 2 rings (SSSR count). The number of benzene rings is 1. The summed E-state index contributed by atoms with van der Waals surface area (Å²) in [4.78, 5) is 0. The van der Waals surface area contributed by atoms with E-state index >= 15 is 0 Å². The fourth-order valence-corrected chi connectivity index (χ4v) is 2.02. The van der Waals surface area contributed by atoms with Crippen LogP contribution in [0.15, 0.2) is 22.7 Å². The molecule has 0 aliphatic carbocycles. The molecule has 0 spiro atoms. The van der Waals surface area contributed by atoms with E-state index in [1.54, 1.807) is 13.8 Å². The lowest BCUT2D eigenvalue weighted by atomic mass is 10.1. The van der Waals surface area contributed by atoms with Gasteiger partial charge in [-0.1, -0.05) is 16.8 Å². The van der Waals surface area contributed by atoms with Crippen molar-refractivity contribution in [2.45, 2.75) is 26.6 Å². The van der Waals surface area contributed by atoms with Gasteiger partial charge >= 0.3 is 6.18 Å². The molecule has 108 valence electrons. The minimum atomic E-state index is -4.47. The van der Waals surface area contributed by atoms with Crippen molar-refractivity contribution >= 4 is 17.3 Å². The summed E-state index contributed by atoms with van der Waals surface area (Å²) in [7, 11) is 0. The zero-order chi connectivity index (χ0) is 14.9. The molecular formula is C13H12ClF3N2O. The number of hydrogen-bond acceptors (Lipinski definition) is 3. The zero-order valence-corrected chi connectivity index (χ0v) is 11.6. The van der Waals surface area contributed by atoms with E-state index in [4.69, 9.17) is 16.1 Å². The zero-order valence-electron chi connectivity index (χ0n) is 10.8. The number of nitrogens with one attached hydrogen (secondary N) is 1. The molecule has 2 aromatic rings. The predicted molar refractivity (Wildman–Crippen MR) is 69.8 cm³/mol. The third kappa shape index (κ3) is 3.07. The Kier molecular flexibility index (Phi) is 3.94. The molecule has 1 aromatic carbocycles. The van der Waals surface area contributed by atoms with Gasteiger partial charge in [0.2, 0.25) is 0 Å². The Hall–Kier alpha value is -1.69. The summed E-state index contributed by atoms with van der Waals surface area (Å²) in [6, 6.07) is 3.70. The summed E-state index contributed by atoms with van der Waals surface area (Å²) < 4.78 is 43.2. The SMILES string of the molecule is Cc1noc(C)c1CNc1ccc(Cl)c(C(F)(F)F)c1. The number of hydrogen-bond donors (Lipinski definition) is 1. The maximum Gasteiger partial charge on any atom is 0.417 e. The summed E-state index contributed by atoms with van der Waals surface area (Å²) in [5.41, 5.74) is 1.01. The highest BCUT2D eigenvalue weighted by Crippen LogP contribution is 2.36. The summed E-state index contributed by atoms with van der Waals surface area (Å²) in [5.74, 6) is 0.639. The normalized spacial score (nSPS) is 11.7. The van der Waals surface area contributed by atoms with Gasteiger partial charge in [0.15, 0.2) is 0 Å². The summed E-state index contributed by atoms with van der Waals surface area (Å²) in [6.07, 6.45) is -4.47. The van der Waals surface area contributed by atoms with Crippen molar-refractivity contribution in [3.05, 3.63) is 45.8 Å². The fraction of sp³-hybridized carbons (Fsp3) is 0.308. The first-order chi connectivity index (χ1) is 9.29. The molecule has 0 fully saturated rings. The van der Waals surface area contributed by atoms with E-state index in [9.17, 15) is 13.2 Å². The van der Waals surface area contributed by atoms with Crippen LogP contribution >= 0.6 is 11.6 Å². The molecule has 0 amide bonds. The molecule has 0 saturated carbocycles. The molecule has 0 radical (unpaired) electrons. The minimum absolute atomic E-state index is 0.319. The van der Waals surface area contributed by atoms with Crippen LogP contribution in [0.4, 0.5) is 18.9 Å². The number of anilines is 1. The summed E-state index contributed by atoms with van der Waals surface area (Å²) in [5, 5.41) is 6.37. The van der Waals surface area contributed by atoms with E-state index in [1.165, 1.54) is 12.1 Å². The molecule has 0 unspecified atom stereocenters. The average molecular weight is 305 g/mol. The van der Waals surface area contributed by atoms with Gasteiger partial charge in [-0.15, -0.1) is 0 Å². The number of nitrogens with zero attached hydrogens (tertiary/aromatic N) is 1. The molecule has 0 aliphatic rings. The maximum absolute atomic E-state index is 12.7. The van der Waals surface area contributed by atoms with Gasteiger partial charge in [0.25, 0.3) is 0 Å². The summed E-state index contributed by atoms with van der Waals surface area (Å²) in [6.45, 7) is 3.86. The Morgan fingerprint density at radius 3 is 2.55 bits per heavy atom. The molecule has 0 bridgehead atoms. The number of alkyl halides is 3. The highest BCUT2D eigenvalue weighted by Gasteiger charge is 2.33. The van der Waals surface area contributed by atoms with Gasteiger partial charge in [-0.2, -0.15) is 13.2 Å². The van der Waals surface area contributed by atoms with Crippen molar-refractivity contribution in [2.75, 3.05) is 5.32 Å². The molecule has 0 saturated heterocycles. The van der Waals surface area contributed by atoms with E-state index in [1.807, 2.05) is 0 Å². The van der Waals surface area contributed by atoms with Crippen molar-refractivity contribution in [1.82, 2.24) is 5.16 Å². The van der Waals surface area contributed by atoms with Crippen LogP contribution in [0.2, 0.25) is 5.02 Å². The van der Waals surface area contributed by atoms with Crippen molar-refractivity contribution in [1.29, 1.82) is 0 Å². The first kappa shape index (κ1) is 14.7. The fourth-order valence-electron chi connectivity index (χ4n) is 1.80. The topological polar surface area (TPSA) is 38.1 Å². The van der Waals surface area contributed by atoms with Gasteiger partial charge in [-0.3, -0.25) is 0 Å². The number of aryl methyl sites for hydroxylation is 2. The Labute approximate surface area is 118 Å². The lowest BCUT2D eigenvalue weighted by Crippen LogP contribution is -2.08. The van der Waals surface area contributed by atoms with Crippen molar-refractivity contribution < 1.29 is 17.7 Å². The Balaban J connectivity index is 2.19. The van der Waals surface area contributed by atoms with Crippen LogP contribution < -0.4 is 5.32 Å². The lowest BCUT2D eigenvalue weighted by molar-refractivity contribution is -0.137. The first-order valence-corrected chi connectivity index (χ1v) is 6.19. The van der Waals surface area contributed by atoms with Gasteiger partial charge in [-0.25, -0.2) is 0 Å². The monoisotopic (exact) mass is 304 g/mol. The van der Waals surface area contributed by atoms with E-state index in [0.29, 0.717) is 23.7 Å². The van der Waals surface area contributed by atoms with E-state index < -0.39 is 11.7 Å². The minimum Gasteiger partial charge on any atom is -0.381 e. The van der Waals surface area contributed by atoms with Crippen LogP contribution in [0.5, 0.6) is 0 Å². The Morgan fingerprint density at radius 2 is 2.00 bits per heavy atom. The molecular weight excluding hydrogens is 293 g/mol. The molecule has 0 atom stereocenters. The van der Waals surface area contributed by atoms with E-state index in [0.717, 1.165) is 11.6 Å². The van der Waals surface area contributed by atoms with Gasteiger partial charge in [0.05, 0.1) is 16.3 Å². The van der Waals surface area contributed by atoms with Gasteiger partial charge < -0.3 is 9.84 Å². The molecule has 3 nitrogen and oxygen atoms in total. The third-order valence-electron chi connectivity index (χ3n) is 2.92. The van der Waals surface area contributed by atoms with Gasteiger partial charge in [0, 0.05) is 17.8 Å². The average Bonchev–Trinajstić information content (AvgIpc) is 2.67. The lowest BCUT2D eigenvalue weighted by Gasteiger charge is -2.12. The van der Waals surface area contributed by atoms with Crippen LogP contribution in [-0.2, 0) is 12.7 Å². The van der Waals surface area contributed by atoms with Crippen LogP contribution in [0.3, 0.4) is 0 Å². The second-order valence-corrected chi connectivity index (χ2v) is 4.76. The van der Waals surface area contributed by atoms with Crippen molar-refractivity contribution in [2.24, 2.45) is 0 Å². The number of rotatable bonds is 3. The molecule has 20 heavy (non-hydrogen) atoms. The van der Waals surface area contributed by atoms with Crippen LogP contribution in [0, 0.1) is 13.8 Å². The number of aromatic nitrogens is 1. The second-order valence-electron chi connectivity index (χ2n) is 4.35. The maximum atomic E-state index is 12.7. The van der Waals surface area contributed by atoms with Gasteiger partial charge in [-0.05, 0) is 32.0 Å². The first-order valence-electron chi connectivity index (χ1n) is 5.81. The van der Waals surface area contributed by atoms with E-state index in [-0.39, 0.29) is 5.02 Å². The largest absolute Gasteiger partial charge is 0.417 e. The Bertz CT molecular complexity index is 603. The summed E-state index contributed by atoms with van der Waals surface area (Å²) >= 11 is 5.56. The Morgan fingerprint density at radius 1 is 1.30 bits per heavy atom. The molecule has 1 N–H and O–H groups in total. The predicted octanol–water partition coefficient (Wildman–Crippen LogP) is 4.58. The second kappa shape index (κ2) is 5.36. The van der Waals surface area contributed by atoms with E-state index in [2.05, 4.69) is 10.5 Å². The molecule has 0 aliphatic heterocycles. The van der Waals surface area contributed by atoms with Crippen LogP contribution in [0.25, 0.3) is 0 Å². The van der Waals surface area contributed by atoms with Crippen LogP contribution in [0.1, 0.15) is 22.6 Å². The van der Waals surface area contributed by atoms with Crippen molar-refractivity contribution in [3.8, 4) is 0 Å². The smallest absolute Gasteiger partial charge is 0.381 e. The molecule has 7 heteroatoms. The third-order valence-corrected chi connectivity index (χ3v) is 3.25. The van der Waals surface area contributed by atoms with Crippen LogP contribution in [-0.4, -0.2) is 5.16 Å². The number of halogens is 4. The van der Waals surface area contributed by atoms with Gasteiger partial charge in [0.1, 0.15) is 5.76 Å². The highest BCUT2D eigenvalue weighted by molar-refractivity contribution is 6.31. The standard InChI is InChI=1S/C13H12ClF3N2O/c1-7-10(8(2)20-19-7)6-18-9-3-4-12(14)11(5-9)13(15,16)17/h3-5,18H,6H2,1-2H3. The molecule has 1 aromatic heterocycles. The quantitative estimate of drug-likeness (QED) is 0.902.